The highest BCUT2D eigenvalue weighted by molar-refractivity contribution is 6.74. The molecule has 90 valence electrons. The van der Waals surface area contributed by atoms with Gasteiger partial charge in [-0.3, -0.25) is 0 Å². The van der Waals surface area contributed by atoms with E-state index in [-0.39, 0.29) is 11.1 Å². The summed E-state index contributed by atoms with van der Waals surface area (Å²) in [7, 11) is -1.59. The summed E-state index contributed by atoms with van der Waals surface area (Å²) in [5.74, 6) is 0. The second kappa shape index (κ2) is 5.82. The Kier molecular flexibility index (Phi) is 5.78. The third kappa shape index (κ3) is 5.49. The van der Waals surface area contributed by atoms with Crippen molar-refractivity contribution in [1.29, 1.82) is 0 Å². The van der Waals surface area contributed by atoms with E-state index < -0.39 is 8.32 Å². The van der Waals surface area contributed by atoms with Crippen molar-refractivity contribution in [3.8, 4) is 0 Å². The van der Waals surface area contributed by atoms with E-state index in [0.29, 0.717) is 0 Å². The molecule has 2 nitrogen and oxygen atoms in total. The monoisotopic (exact) mass is 230 g/mol. The van der Waals surface area contributed by atoms with Crippen LogP contribution in [0.25, 0.3) is 0 Å². The van der Waals surface area contributed by atoms with E-state index in [1.807, 2.05) is 0 Å². The lowest BCUT2D eigenvalue weighted by Gasteiger charge is -2.36. The molecule has 0 aromatic carbocycles. The smallest absolute Gasteiger partial charge is 0.191 e. The zero-order chi connectivity index (χ0) is 12.1. The van der Waals surface area contributed by atoms with Crippen molar-refractivity contribution in [2.24, 2.45) is 0 Å². The van der Waals surface area contributed by atoms with Crippen LogP contribution in [0.4, 0.5) is 0 Å². The van der Waals surface area contributed by atoms with Gasteiger partial charge in [-0.2, -0.15) is 0 Å². The van der Waals surface area contributed by atoms with Gasteiger partial charge in [0.1, 0.15) is 0 Å². The number of rotatable bonds is 6. The standard InChI is InChI=1S/C12H26O2Si/c1-7-11(13)9-8-10-14-15(5,6)12(2,3)4/h7,11,13H,1,8-10H2,2-6H3/t11-/m1/s1. The van der Waals surface area contributed by atoms with Crippen molar-refractivity contribution in [3.05, 3.63) is 12.7 Å². The van der Waals surface area contributed by atoms with Crippen molar-refractivity contribution in [3.63, 3.8) is 0 Å². The van der Waals surface area contributed by atoms with Gasteiger partial charge >= 0.3 is 0 Å². The van der Waals surface area contributed by atoms with Gasteiger partial charge < -0.3 is 9.53 Å². The molecule has 0 amide bonds. The average molecular weight is 230 g/mol. The van der Waals surface area contributed by atoms with Gasteiger partial charge in [0, 0.05) is 6.61 Å². The van der Waals surface area contributed by atoms with Crippen LogP contribution in [-0.4, -0.2) is 26.1 Å². The van der Waals surface area contributed by atoms with E-state index in [1.165, 1.54) is 0 Å². The van der Waals surface area contributed by atoms with Crippen LogP contribution >= 0.6 is 0 Å². The highest BCUT2D eigenvalue weighted by Crippen LogP contribution is 2.36. The summed E-state index contributed by atoms with van der Waals surface area (Å²) in [6.07, 6.45) is 2.84. The molecule has 0 saturated heterocycles. The van der Waals surface area contributed by atoms with Crippen LogP contribution in [-0.2, 0) is 4.43 Å². The largest absolute Gasteiger partial charge is 0.417 e. The van der Waals surface area contributed by atoms with Gasteiger partial charge in [0.15, 0.2) is 8.32 Å². The maximum Gasteiger partial charge on any atom is 0.191 e. The third-order valence-corrected chi connectivity index (χ3v) is 7.72. The Morgan fingerprint density at radius 2 is 1.93 bits per heavy atom. The average Bonchev–Trinajstić information content (AvgIpc) is 2.10. The summed E-state index contributed by atoms with van der Waals surface area (Å²) in [6, 6.07) is 0. The first kappa shape index (κ1) is 14.9. The Morgan fingerprint density at radius 3 is 2.33 bits per heavy atom. The molecule has 0 unspecified atom stereocenters. The SMILES string of the molecule is C=C[C@@H](O)CCCO[Si](C)(C)C(C)(C)C. The lowest BCUT2D eigenvalue weighted by molar-refractivity contribution is 0.191. The number of hydrogen-bond acceptors (Lipinski definition) is 2. The van der Waals surface area contributed by atoms with Gasteiger partial charge in [0.2, 0.25) is 0 Å². The molecule has 0 aliphatic rings. The molecule has 0 rings (SSSR count). The fraction of sp³-hybridized carbons (Fsp3) is 0.833. The molecule has 15 heavy (non-hydrogen) atoms. The van der Waals surface area contributed by atoms with Crippen LogP contribution in [0.15, 0.2) is 12.7 Å². The Balaban J connectivity index is 3.81. The predicted molar refractivity (Wildman–Crippen MR) is 68.6 cm³/mol. The molecule has 0 spiro atoms. The topological polar surface area (TPSA) is 29.5 Å². The first-order valence-electron chi connectivity index (χ1n) is 5.65. The molecule has 0 bridgehead atoms. The quantitative estimate of drug-likeness (QED) is 0.431. The maximum absolute atomic E-state index is 9.28. The van der Waals surface area contributed by atoms with Crippen LogP contribution in [0.1, 0.15) is 33.6 Å². The van der Waals surface area contributed by atoms with Gasteiger partial charge in [0.05, 0.1) is 6.10 Å². The molecule has 3 heteroatoms. The molecule has 0 radical (unpaired) electrons. The Bertz CT molecular complexity index is 194. The molecule has 0 aliphatic carbocycles. The Hall–Kier alpha value is -0.123. The molecule has 0 aliphatic heterocycles. The van der Waals surface area contributed by atoms with E-state index in [2.05, 4.69) is 40.4 Å². The van der Waals surface area contributed by atoms with Crippen LogP contribution < -0.4 is 0 Å². The van der Waals surface area contributed by atoms with Gasteiger partial charge in [-0.25, -0.2) is 0 Å². The first-order chi connectivity index (χ1) is 6.70. The molecule has 0 heterocycles. The molecule has 0 aromatic rings. The zero-order valence-electron chi connectivity index (χ0n) is 10.8. The van der Waals surface area contributed by atoms with Crippen LogP contribution in [0.3, 0.4) is 0 Å². The fourth-order valence-electron chi connectivity index (χ4n) is 0.954. The molecular formula is C12H26O2Si. The van der Waals surface area contributed by atoms with Crippen molar-refractivity contribution in [1.82, 2.24) is 0 Å². The van der Waals surface area contributed by atoms with Crippen molar-refractivity contribution in [2.75, 3.05) is 6.61 Å². The fourth-order valence-corrected chi connectivity index (χ4v) is 2.04. The van der Waals surface area contributed by atoms with Crippen molar-refractivity contribution in [2.45, 2.75) is 57.8 Å². The number of aliphatic hydroxyl groups is 1. The van der Waals surface area contributed by atoms with Crippen molar-refractivity contribution >= 4 is 8.32 Å². The molecule has 1 atom stereocenters. The minimum absolute atomic E-state index is 0.268. The van der Waals surface area contributed by atoms with Gasteiger partial charge in [-0.05, 0) is 31.0 Å². The van der Waals surface area contributed by atoms with Crippen molar-refractivity contribution < 1.29 is 9.53 Å². The molecule has 0 aromatic heterocycles. The number of aliphatic hydroxyl groups excluding tert-OH is 1. The first-order valence-corrected chi connectivity index (χ1v) is 8.56. The lowest BCUT2D eigenvalue weighted by atomic mass is 10.2. The van der Waals surface area contributed by atoms with Crippen LogP contribution in [0.2, 0.25) is 18.1 Å². The van der Waals surface area contributed by atoms with E-state index in [9.17, 15) is 5.11 Å². The number of hydrogen-bond donors (Lipinski definition) is 1. The molecule has 0 fully saturated rings. The maximum atomic E-state index is 9.28. The third-order valence-electron chi connectivity index (χ3n) is 3.19. The minimum Gasteiger partial charge on any atom is -0.417 e. The summed E-state index contributed by atoms with van der Waals surface area (Å²) in [5, 5.41) is 9.55. The van der Waals surface area contributed by atoms with Gasteiger partial charge in [-0.1, -0.05) is 26.8 Å². The van der Waals surface area contributed by atoms with E-state index in [4.69, 9.17) is 4.43 Å². The molecule has 0 saturated carbocycles. The minimum atomic E-state index is -1.59. The predicted octanol–water partition coefficient (Wildman–Crippen LogP) is 3.34. The summed E-state index contributed by atoms with van der Waals surface area (Å²) < 4.78 is 5.98. The Labute approximate surface area is 95.5 Å². The normalized spacial score (nSPS) is 15.1. The second-order valence-electron chi connectivity index (χ2n) is 5.55. The van der Waals surface area contributed by atoms with E-state index in [1.54, 1.807) is 6.08 Å². The summed E-state index contributed by atoms with van der Waals surface area (Å²) in [5.41, 5.74) is 0. The van der Waals surface area contributed by atoms with Gasteiger partial charge in [-0.15, -0.1) is 6.58 Å². The molecular weight excluding hydrogens is 204 g/mol. The Morgan fingerprint density at radius 1 is 1.40 bits per heavy atom. The highest BCUT2D eigenvalue weighted by Gasteiger charge is 2.36. The highest BCUT2D eigenvalue weighted by atomic mass is 28.4. The summed E-state index contributed by atoms with van der Waals surface area (Å²) >= 11 is 0. The molecule has 1 N–H and O–H groups in total. The lowest BCUT2D eigenvalue weighted by Crippen LogP contribution is -2.41. The second-order valence-corrected chi connectivity index (χ2v) is 10.4. The van der Waals surface area contributed by atoms with Crippen LogP contribution in [0, 0.1) is 0 Å². The zero-order valence-corrected chi connectivity index (χ0v) is 11.8. The van der Waals surface area contributed by atoms with E-state index in [0.717, 1.165) is 19.4 Å². The van der Waals surface area contributed by atoms with Crippen LogP contribution in [0.5, 0.6) is 0 Å². The van der Waals surface area contributed by atoms with Gasteiger partial charge in [0.25, 0.3) is 0 Å². The summed E-state index contributed by atoms with van der Waals surface area (Å²) in [6.45, 7) is 15.5. The summed E-state index contributed by atoms with van der Waals surface area (Å²) in [4.78, 5) is 0. The van der Waals surface area contributed by atoms with E-state index >= 15 is 0 Å².